The van der Waals surface area contributed by atoms with E-state index in [0.717, 1.165) is 42.0 Å². The minimum Gasteiger partial charge on any atom is -0.494 e. The second-order valence-electron chi connectivity index (χ2n) is 3.86. The third kappa shape index (κ3) is 2.53. The van der Waals surface area contributed by atoms with Gasteiger partial charge in [0.1, 0.15) is 22.6 Å². The van der Waals surface area contributed by atoms with Gasteiger partial charge in [0.15, 0.2) is 0 Å². The lowest BCUT2D eigenvalue weighted by Gasteiger charge is -2.00. The Bertz CT molecular complexity index is 510. The maximum absolute atomic E-state index is 6.11. The Balaban J connectivity index is 2.31. The summed E-state index contributed by atoms with van der Waals surface area (Å²) in [4.78, 5) is 7.76. The van der Waals surface area contributed by atoms with Crippen molar-refractivity contribution in [2.24, 2.45) is 0 Å². The zero-order chi connectivity index (χ0) is 12.3. The highest BCUT2D eigenvalue weighted by Crippen LogP contribution is 2.29. The number of H-pyrrole nitrogens is 1. The van der Waals surface area contributed by atoms with E-state index >= 15 is 0 Å². The molecule has 1 heterocycles. The van der Waals surface area contributed by atoms with Gasteiger partial charge in [-0.25, -0.2) is 4.98 Å². The first kappa shape index (κ1) is 12.2. The SMILES string of the molecule is CNCCCc1nc2c(Cl)ccc(OC)c2[nH]1. The van der Waals surface area contributed by atoms with Crippen molar-refractivity contribution >= 4 is 22.6 Å². The molecule has 5 heteroatoms. The molecular weight excluding hydrogens is 238 g/mol. The molecule has 2 rings (SSSR count). The van der Waals surface area contributed by atoms with Crippen molar-refractivity contribution in [3.63, 3.8) is 0 Å². The lowest BCUT2D eigenvalue weighted by Crippen LogP contribution is -2.08. The van der Waals surface area contributed by atoms with E-state index in [2.05, 4.69) is 15.3 Å². The Labute approximate surface area is 105 Å². The zero-order valence-electron chi connectivity index (χ0n) is 10.0. The molecule has 0 aliphatic carbocycles. The van der Waals surface area contributed by atoms with Gasteiger partial charge < -0.3 is 15.0 Å². The molecule has 0 amide bonds. The Hall–Kier alpha value is -1.26. The summed E-state index contributed by atoms with van der Waals surface area (Å²) in [5.74, 6) is 1.72. The molecule has 2 aromatic rings. The second kappa shape index (κ2) is 5.38. The molecule has 0 unspecified atom stereocenters. The molecule has 92 valence electrons. The van der Waals surface area contributed by atoms with E-state index in [0.29, 0.717) is 5.02 Å². The maximum atomic E-state index is 6.11. The van der Waals surface area contributed by atoms with Crippen molar-refractivity contribution in [1.82, 2.24) is 15.3 Å². The van der Waals surface area contributed by atoms with Gasteiger partial charge in [0.2, 0.25) is 0 Å². The molecule has 0 radical (unpaired) electrons. The smallest absolute Gasteiger partial charge is 0.144 e. The number of ether oxygens (including phenoxy) is 1. The number of halogens is 1. The largest absolute Gasteiger partial charge is 0.494 e. The molecule has 17 heavy (non-hydrogen) atoms. The number of benzene rings is 1. The number of hydrogen-bond donors (Lipinski definition) is 2. The zero-order valence-corrected chi connectivity index (χ0v) is 10.8. The molecule has 1 aromatic carbocycles. The van der Waals surface area contributed by atoms with Gasteiger partial charge >= 0.3 is 0 Å². The Kier molecular flexibility index (Phi) is 3.86. The number of imidazole rings is 1. The van der Waals surface area contributed by atoms with Crippen molar-refractivity contribution in [3.8, 4) is 5.75 Å². The molecule has 1 aromatic heterocycles. The van der Waals surface area contributed by atoms with Crippen LogP contribution in [0.25, 0.3) is 11.0 Å². The number of aromatic amines is 1. The highest BCUT2D eigenvalue weighted by molar-refractivity contribution is 6.35. The van der Waals surface area contributed by atoms with Gasteiger partial charge in [0.05, 0.1) is 12.1 Å². The Morgan fingerprint density at radius 3 is 3.00 bits per heavy atom. The predicted molar refractivity (Wildman–Crippen MR) is 69.9 cm³/mol. The van der Waals surface area contributed by atoms with Crippen LogP contribution in [0.5, 0.6) is 5.75 Å². The van der Waals surface area contributed by atoms with Crippen LogP contribution >= 0.6 is 11.6 Å². The number of nitrogens with one attached hydrogen (secondary N) is 2. The van der Waals surface area contributed by atoms with Crippen LogP contribution in [0.3, 0.4) is 0 Å². The van der Waals surface area contributed by atoms with Crippen LogP contribution < -0.4 is 10.1 Å². The van der Waals surface area contributed by atoms with E-state index in [9.17, 15) is 0 Å². The third-order valence-electron chi connectivity index (χ3n) is 2.67. The normalized spacial score (nSPS) is 11.0. The quantitative estimate of drug-likeness (QED) is 0.805. The summed E-state index contributed by atoms with van der Waals surface area (Å²) in [6.45, 7) is 0.974. The number of nitrogens with zero attached hydrogens (tertiary/aromatic N) is 1. The first-order chi connectivity index (χ1) is 8.26. The molecule has 4 nitrogen and oxygen atoms in total. The van der Waals surface area contributed by atoms with Gasteiger partial charge in [-0.3, -0.25) is 0 Å². The highest BCUT2D eigenvalue weighted by atomic mass is 35.5. The van der Waals surface area contributed by atoms with E-state index in [1.807, 2.05) is 13.1 Å². The van der Waals surface area contributed by atoms with Crippen LogP contribution in [0.1, 0.15) is 12.2 Å². The molecule has 2 N–H and O–H groups in total. The van der Waals surface area contributed by atoms with Gasteiger partial charge in [-0.05, 0) is 32.1 Å². The van der Waals surface area contributed by atoms with Crippen LogP contribution in [0.15, 0.2) is 12.1 Å². The molecule has 0 aliphatic rings. The Morgan fingerprint density at radius 2 is 2.29 bits per heavy atom. The van der Waals surface area contributed by atoms with Crippen LogP contribution in [0.4, 0.5) is 0 Å². The minimum absolute atomic E-state index is 0.650. The summed E-state index contributed by atoms with van der Waals surface area (Å²) in [6.07, 6.45) is 1.94. The first-order valence-electron chi connectivity index (χ1n) is 5.62. The van der Waals surface area contributed by atoms with E-state index < -0.39 is 0 Å². The lowest BCUT2D eigenvalue weighted by atomic mass is 10.3. The number of fused-ring (bicyclic) bond motifs is 1. The summed E-state index contributed by atoms with van der Waals surface area (Å²) in [7, 11) is 3.59. The van der Waals surface area contributed by atoms with Crippen molar-refractivity contribution < 1.29 is 4.74 Å². The summed E-state index contributed by atoms with van der Waals surface area (Å²) in [5, 5.41) is 3.76. The molecule has 0 aliphatic heterocycles. The van der Waals surface area contributed by atoms with E-state index in [4.69, 9.17) is 16.3 Å². The molecule has 0 fully saturated rings. The van der Waals surface area contributed by atoms with Crippen LogP contribution in [0, 0.1) is 0 Å². The Morgan fingerprint density at radius 1 is 1.47 bits per heavy atom. The van der Waals surface area contributed by atoms with Crippen LogP contribution in [-0.2, 0) is 6.42 Å². The lowest BCUT2D eigenvalue weighted by molar-refractivity contribution is 0.419. The van der Waals surface area contributed by atoms with E-state index in [1.165, 1.54) is 0 Å². The van der Waals surface area contributed by atoms with Gasteiger partial charge in [-0.2, -0.15) is 0 Å². The van der Waals surface area contributed by atoms with Crippen molar-refractivity contribution in [2.75, 3.05) is 20.7 Å². The average molecular weight is 254 g/mol. The van der Waals surface area contributed by atoms with Gasteiger partial charge in [-0.15, -0.1) is 0 Å². The fourth-order valence-corrected chi connectivity index (χ4v) is 2.01. The summed E-state index contributed by atoms with van der Waals surface area (Å²) in [5.41, 5.74) is 1.66. The topological polar surface area (TPSA) is 49.9 Å². The van der Waals surface area contributed by atoms with Crippen LogP contribution in [0.2, 0.25) is 5.02 Å². The van der Waals surface area contributed by atoms with Crippen molar-refractivity contribution in [3.05, 3.63) is 23.0 Å². The van der Waals surface area contributed by atoms with E-state index in [1.54, 1.807) is 13.2 Å². The molecule has 0 spiro atoms. The van der Waals surface area contributed by atoms with Crippen molar-refractivity contribution in [2.45, 2.75) is 12.8 Å². The van der Waals surface area contributed by atoms with Gasteiger partial charge in [-0.1, -0.05) is 11.6 Å². The summed E-state index contributed by atoms with van der Waals surface area (Å²) < 4.78 is 5.28. The first-order valence-corrected chi connectivity index (χ1v) is 5.99. The van der Waals surface area contributed by atoms with Crippen LogP contribution in [-0.4, -0.2) is 30.7 Å². The monoisotopic (exact) mass is 253 g/mol. The molecule has 0 atom stereocenters. The molecule has 0 saturated heterocycles. The molecule has 0 saturated carbocycles. The van der Waals surface area contributed by atoms with Gasteiger partial charge in [0, 0.05) is 6.42 Å². The summed E-state index contributed by atoms with van der Waals surface area (Å²) >= 11 is 6.11. The third-order valence-corrected chi connectivity index (χ3v) is 2.97. The maximum Gasteiger partial charge on any atom is 0.144 e. The number of aromatic nitrogens is 2. The number of aryl methyl sites for hydroxylation is 1. The standard InChI is InChI=1S/C12H16ClN3O/c1-14-7-3-4-10-15-11-8(13)5-6-9(17-2)12(11)16-10/h5-6,14H,3-4,7H2,1-2H3,(H,15,16). The second-order valence-corrected chi connectivity index (χ2v) is 4.27. The number of rotatable bonds is 5. The molecule has 0 bridgehead atoms. The minimum atomic E-state index is 0.650. The fourth-order valence-electron chi connectivity index (χ4n) is 1.81. The molecular formula is C12H16ClN3O. The number of hydrogen-bond acceptors (Lipinski definition) is 3. The predicted octanol–water partition coefficient (Wildman–Crippen LogP) is 2.38. The number of methoxy groups -OCH3 is 1. The average Bonchev–Trinajstić information content (AvgIpc) is 2.75. The summed E-state index contributed by atoms with van der Waals surface area (Å²) in [6, 6.07) is 3.65. The fraction of sp³-hybridized carbons (Fsp3) is 0.417. The van der Waals surface area contributed by atoms with Crippen molar-refractivity contribution in [1.29, 1.82) is 0 Å². The van der Waals surface area contributed by atoms with Gasteiger partial charge in [0.25, 0.3) is 0 Å². The highest BCUT2D eigenvalue weighted by Gasteiger charge is 2.10. The van der Waals surface area contributed by atoms with E-state index in [-0.39, 0.29) is 0 Å².